The van der Waals surface area contributed by atoms with E-state index >= 15 is 0 Å². The number of nitrogens with one attached hydrogen (secondary N) is 1. The molecule has 1 saturated heterocycles. The minimum Gasteiger partial charge on any atom is -0.394 e. The van der Waals surface area contributed by atoms with Crippen molar-refractivity contribution in [2.75, 3.05) is 19.8 Å². The van der Waals surface area contributed by atoms with Gasteiger partial charge in [0.2, 0.25) is 5.91 Å². The normalized spacial score (nSPS) is 21.7. The third-order valence-electron chi connectivity index (χ3n) is 4.44. The maximum atomic E-state index is 12.9. The van der Waals surface area contributed by atoms with Gasteiger partial charge in [-0.25, -0.2) is 0 Å². The summed E-state index contributed by atoms with van der Waals surface area (Å²) < 4.78 is 7.23. The highest BCUT2D eigenvalue weighted by Gasteiger charge is 2.42. The number of morpholine rings is 1. The van der Waals surface area contributed by atoms with Crippen LogP contribution >= 0.6 is 11.3 Å². The molecule has 9 heteroatoms. The molecule has 0 bridgehead atoms. The smallest absolute Gasteiger partial charge is 0.252 e. The van der Waals surface area contributed by atoms with E-state index in [1.165, 1.54) is 11.3 Å². The lowest BCUT2D eigenvalue weighted by Crippen LogP contribution is -2.54. The number of ether oxygens (including phenoxy) is 1. The molecule has 1 fully saturated rings. The van der Waals surface area contributed by atoms with Gasteiger partial charge >= 0.3 is 0 Å². The van der Waals surface area contributed by atoms with Crippen molar-refractivity contribution in [1.29, 1.82) is 0 Å². The van der Waals surface area contributed by atoms with Crippen molar-refractivity contribution in [3.8, 4) is 0 Å². The van der Waals surface area contributed by atoms with Gasteiger partial charge in [-0.2, -0.15) is 16.4 Å². The Morgan fingerprint density at radius 3 is 2.96 bits per heavy atom. The Morgan fingerprint density at radius 1 is 1.58 bits per heavy atom. The van der Waals surface area contributed by atoms with Crippen LogP contribution in [-0.4, -0.2) is 57.5 Å². The summed E-state index contributed by atoms with van der Waals surface area (Å²) in [4.78, 5) is 26.8. The summed E-state index contributed by atoms with van der Waals surface area (Å²) in [7, 11) is 1.78. The number of likely N-dealkylation sites (N-methyl/N-ethyl adjacent to an activating group) is 1. The molecule has 2 aromatic rings. The Hall–Kier alpha value is -2.23. The van der Waals surface area contributed by atoms with E-state index in [4.69, 9.17) is 4.74 Å². The number of thiophene rings is 1. The van der Waals surface area contributed by atoms with E-state index in [0.29, 0.717) is 6.54 Å². The molecule has 0 aromatic carbocycles. The van der Waals surface area contributed by atoms with Crippen LogP contribution in [0.3, 0.4) is 0 Å². The van der Waals surface area contributed by atoms with Crippen LogP contribution in [-0.2, 0) is 21.4 Å². The van der Waals surface area contributed by atoms with Gasteiger partial charge in [0.25, 0.3) is 5.91 Å². The average molecular weight is 378 g/mol. The number of rotatable bonds is 6. The molecule has 1 aliphatic heterocycles. The second kappa shape index (κ2) is 7.98. The first-order valence-corrected chi connectivity index (χ1v) is 9.32. The van der Waals surface area contributed by atoms with E-state index in [2.05, 4.69) is 10.4 Å². The maximum Gasteiger partial charge on any atom is 0.252 e. The Balaban J connectivity index is 1.85. The number of aliphatic hydroxyl groups excluding tert-OH is 1. The van der Waals surface area contributed by atoms with Gasteiger partial charge in [-0.1, -0.05) is 0 Å². The van der Waals surface area contributed by atoms with Gasteiger partial charge in [0.1, 0.15) is 6.61 Å². The zero-order chi connectivity index (χ0) is 18.7. The van der Waals surface area contributed by atoms with E-state index in [1.807, 2.05) is 23.8 Å². The zero-order valence-corrected chi connectivity index (χ0v) is 15.5. The summed E-state index contributed by atoms with van der Waals surface area (Å²) in [6.45, 7) is 1.96. The molecular weight excluding hydrogens is 356 g/mol. The molecule has 26 heavy (non-hydrogen) atoms. The Bertz CT molecular complexity index is 761. The molecule has 2 aromatic heterocycles. The number of aromatic nitrogens is 2. The third-order valence-corrected chi connectivity index (χ3v) is 5.14. The highest BCUT2D eigenvalue weighted by molar-refractivity contribution is 7.08. The van der Waals surface area contributed by atoms with Gasteiger partial charge in [-0.05, 0) is 29.3 Å². The molecule has 140 valence electrons. The molecule has 0 radical (unpaired) electrons. The molecule has 3 rings (SSSR count). The SMILES string of the molecule is CCN1C(=O)CO[C@H](C(=O)NC(CO)c2ccsc2)[C@H]1c1cnn(C)c1. The molecule has 2 N–H and O–H groups in total. The van der Waals surface area contributed by atoms with E-state index in [9.17, 15) is 14.7 Å². The first-order chi connectivity index (χ1) is 12.5. The van der Waals surface area contributed by atoms with Crippen LogP contribution in [0.25, 0.3) is 0 Å². The van der Waals surface area contributed by atoms with Crippen LogP contribution in [0, 0.1) is 0 Å². The molecule has 0 spiro atoms. The van der Waals surface area contributed by atoms with Crippen LogP contribution in [0.5, 0.6) is 0 Å². The highest BCUT2D eigenvalue weighted by atomic mass is 32.1. The fourth-order valence-electron chi connectivity index (χ4n) is 3.15. The van der Waals surface area contributed by atoms with Gasteiger partial charge in [-0.15, -0.1) is 0 Å². The van der Waals surface area contributed by atoms with Crippen LogP contribution < -0.4 is 5.32 Å². The Kier molecular flexibility index (Phi) is 5.70. The number of amides is 2. The lowest BCUT2D eigenvalue weighted by molar-refractivity contribution is -0.164. The second-order valence-electron chi connectivity index (χ2n) is 6.10. The summed E-state index contributed by atoms with van der Waals surface area (Å²) in [5.74, 6) is -0.531. The number of carbonyl (C=O) groups excluding carboxylic acids is 2. The molecule has 3 heterocycles. The van der Waals surface area contributed by atoms with Crippen molar-refractivity contribution in [2.45, 2.75) is 25.1 Å². The lowest BCUT2D eigenvalue weighted by Gasteiger charge is -2.39. The molecule has 2 amide bonds. The molecule has 3 atom stereocenters. The Labute approximate surface area is 155 Å². The van der Waals surface area contributed by atoms with Gasteiger partial charge in [0, 0.05) is 25.4 Å². The topological polar surface area (TPSA) is 96.7 Å². The molecule has 8 nitrogen and oxygen atoms in total. The molecule has 0 aliphatic carbocycles. The van der Waals surface area contributed by atoms with Gasteiger partial charge in [-0.3, -0.25) is 14.3 Å². The van der Waals surface area contributed by atoms with Crippen molar-refractivity contribution in [3.63, 3.8) is 0 Å². The van der Waals surface area contributed by atoms with Crippen molar-refractivity contribution < 1.29 is 19.4 Å². The fraction of sp³-hybridized carbons (Fsp3) is 0.471. The summed E-state index contributed by atoms with van der Waals surface area (Å²) >= 11 is 1.49. The predicted octanol–water partition coefficient (Wildman–Crippen LogP) is 0.620. The van der Waals surface area contributed by atoms with E-state index < -0.39 is 18.2 Å². The maximum absolute atomic E-state index is 12.9. The van der Waals surface area contributed by atoms with Crippen LogP contribution in [0.4, 0.5) is 0 Å². The van der Waals surface area contributed by atoms with E-state index in [1.54, 1.807) is 29.0 Å². The van der Waals surface area contributed by atoms with Crippen molar-refractivity contribution >= 4 is 23.2 Å². The number of hydrogen-bond acceptors (Lipinski definition) is 6. The third kappa shape index (κ3) is 3.64. The summed E-state index contributed by atoms with van der Waals surface area (Å²) in [5.41, 5.74) is 1.57. The number of aryl methyl sites for hydroxylation is 1. The van der Waals surface area contributed by atoms with E-state index in [-0.39, 0.29) is 25.0 Å². The summed E-state index contributed by atoms with van der Waals surface area (Å²) in [6.07, 6.45) is 2.54. The first kappa shape index (κ1) is 18.6. The van der Waals surface area contributed by atoms with Gasteiger partial charge in [0.15, 0.2) is 6.10 Å². The number of carbonyl (C=O) groups is 2. The standard InChI is InChI=1S/C17H22N4O4S/c1-3-21-14(23)9-25-16(15(21)12-6-18-20(2)7-12)17(24)19-13(8-22)11-4-5-26-10-11/h4-7,10,13,15-16,22H,3,8-9H2,1-2H3,(H,19,24)/t13?,15-,16+/m1/s1. The van der Waals surface area contributed by atoms with Crippen molar-refractivity contribution in [1.82, 2.24) is 20.0 Å². The van der Waals surface area contributed by atoms with Gasteiger partial charge in [0.05, 0.1) is 24.9 Å². The predicted molar refractivity (Wildman–Crippen MR) is 95.4 cm³/mol. The first-order valence-electron chi connectivity index (χ1n) is 8.38. The summed E-state index contributed by atoms with van der Waals surface area (Å²) in [6, 6.07) is 0.782. The van der Waals surface area contributed by atoms with Crippen molar-refractivity contribution in [2.24, 2.45) is 7.05 Å². The largest absolute Gasteiger partial charge is 0.394 e. The quantitative estimate of drug-likeness (QED) is 0.768. The molecule has 1 aliphatic rings. The zero-order valence-electron chi connectivity index (χ0n) is 14.7. The average Bonchev–Trinajstić information content (AvgIpc) is 3.30. The van der Waals surface area contributed by atoms with Gasteiger partial charge < -0.3 is 20.1 Å². The Morgan fingerprint density at radius 2 is 2.38 bits per heavy atom. The van der Waals surface area contributed by atoms with E-state index in [0.717, 1.165) is 11.1 Å². The monoisotopic (exact) mass is 378 g/mol. The van der Waals surface area contributed by atoms with Crippen LogP contribution in [0.15, 0.2) is 29.2 Å². The number of hydrogen-bond donors (Lipinski definition) is 2. The molecule has 0 saturated carbocycles. The fourth-order valence-corrected chi connectivity index (χ4v) is 3.87. The van der Waals surface area contributed by atoms with Crippen LogP contribution in [0.1, 0.15) is 30.1 Å². The second-order valence-corrected chi connectivity index (χ2v) is 6.88. The van der Waals surface area contributed by atoms with Crippen molar-refractivity contribution in [3.05, 3.63) is 40.3 Å². The minimum atomic E-state index is -0.871. The number of aliphatic hydroxyl groups is 1. The highest BCUT2D eigenvalue weighted by Crippen LogP contribution is 2.30. The number of nitrogens with zero attached hydrogens (tertiary/aromatic N) is 3. The molecule has 1 unspecified atom stereocenters. The molecular formula is C17H22N4O4S. The van der Waals surface area contributed by atoms with Crippen LogP contribution in [0.2, 0.25) is 0 Å². The minimum absolute atomic E-state index is 0.148. The lowest BCUT2D eigenvalue weighted by atomic mass is 9.99. The summed E-state index contributed by atoms with van der Waals surface area (Å²) in [5, 5.41) is 20.4.